The van der Waals surface area contributed by atoms with Crippen LogP contribution in [0.1, 0.15) is 26.2 Å². The summed E-state index contributed by atoms with van der Waals surface area (Å²) in [6.45, 7) is 2.80. The highest BCUT2D eigenvalue weighted by Gasteiger charge is 2.31. The Morgan fingerprint density at radius 3 is 2.95 bits per heavy atom. The largest absolute Gasteiger partial charge is 0.325 e. The molecule has 0 aromatic heterocycles. The highest BCUT2D eigenvalue weighted by Crippen LogP contribution is 2.25. The Balaban J connectivity index is 1.88. The van der Waals surface area contributed by atoms with Gasteiger partial charge in [-0.15, -0.1) is 0 Å². The zero-order valence-electron chi connectivity index (χ0n) is 12.3. The summed E-state index contributed by atoms with van der Waals surface area (Å²) in [7, 11) is 0. The summed E-state index contributed by atoms with van der Waals surface area (Å²) in [5.41, 5.74) is 0.702. The van der Waals surface area contributed by atoms with Crippen LogP contribution >= 0.6 is 27.7 Å². The van der Waals surface area contributed by atoms with E-state index in [9.17, 15) is 9.59 Å². The van der Waals surface area contributed by atoms with E-state index in [4.69, 9.17) is 0 Å². The predicted molar refractivity (Wildman–Crippen MR) is 94.1 cm³/mol. The molecule has 1 aromatic rings. The van der Waals surface area contributed by atoms with E-state index in [0.717, 1.165) is 17.3 Å². The lowest BCUT2D eigenvalue weighted by Crippen LogP contribution is -2.28. The number of nitrogens with one attached hydrogen (secondary N) is 2. The van der Waals surface area contributed by atoms with Gasteiger partial charge in [-0.05, 0) is 34.5 Å². The molecule has 0 radical (unpaired) electrons. The normalized spacial score (nSPS) is 19.3. The summed E-state index contributed by atoms with van der Waals surface area (Å²) in [5.74, 6) is -0.336. The highest BCUT2D eigenvalue weighted by atomic mass is 79.9. The van der Waals surface area contributed by atoms with Crippen molar-refractivity contribution in [1.29, 1.82) is 0 Å². The van der Waals surface area contributed by atoms with Crippen LogP contribution < -0.4 is 10.6 Å². The molecule has 1 unspecified atom stereocenters. The van der Waals surface area contributed by atoms with E-state index in [1.54, 1.807) is 0 Å². The first-order chi connectivity index (χ1) is 10.6. The van der Waals surface area contributed by atoms with Gasteiger partial charge in [0, 0.05) is 17.4 Å². The Morgan fingerprint density at radius 1 is 1.45 bits per heavy atom. The average molecular weight is 384 g/mol. The molecule has 1 saturated heterocycles. The molecule has 1 atom stereocenters. The van der Waals surface area contributed by atoms with Gasteiger partial charge in [0.05, 0.1) is 5.69 Å². The van der Waals surface area contributed by atoms with Gasteiger partial charge in [-0.3, -0.25) is 14.6 Å². The van der Waals surface area contributed by atoms with Crippen LogP contribution in [0.5, 0.6) is 0 Å². The molecular weight excluding hydrogens is 366 g/mol. The maximum absolute atomic E-state index is 12.1. The van der Waals surface area contributed by atoms with E-state index < -0.39 is 5.25 Å². The average Bonchev–Trinajstić information content (AvgIpc) is 2.82. The molecule has 0 saturated carbocycles. The molecule has 0 spiro atoms. The van der Waals surface area contributed by atoms with Crippen LogP contribution in [0.2, 0.25) is 0 Å². The van der Waals surface area contributed by atoms with Crippen molar-refractivity contribution in [2.45, 2.75) is 31.4 Å². The number of anilines is 1. The first-order valence-corrected chi connectivity index (χ1v) is 8.83. The Kier molecular flexibility index (Phi) is 6.45. The third kappa shape index (κ3) is 4.84. The number of rotatable bonds is 6. The Labute approximate surface area is 142 Å². The number of hydrogen-bond acceptors (Lipinski definition) is 4. The summed E-state index contributed by atoms with van der Waals surface area (Å²) in [6, 6.07) is 7.38. The third-order valence-electron chi connectivity index (χ3n) is 3.06. The number of thioether (sulfide) groups is 1. The fourth-order valence-electron chi connectivity index (χ4n) is 1.89. The van der Waals surface area contributed by atoms with Crippen LogP contribution in [0, 0.1) is 0 Å². The zero-order valence-corrected chi connectivity index (χ0v) is 14.7. The van der Waals surface area contributed by atoms with Gasteiger partial charge in [0.25, 0.3) is 0 Å². The first kappa shape index (κ1) is 17.0. The van der Waals surface area contributed by atoms with Gasteiger partial charge in [0.15, 0.2) is 5.17 Å². The number of unbranched alkanes of at least 4 members (excludes halogenated alkanes) is 1. The van der Waals surface area contributed by atoms with Gasteiger partial charge in [0.1, 0.15) is 5.25 Å². The van der Waals surface area contributed by atoms with E-state index in [-0.39, 0.29) is 18.2 Å². The van der Waals surface area contributed by atoms with E-state index in [0.29, 0.717) is 17.4 Å². The smallest absolute Gasteiger partial charge is 0.240 e. The fraction of sp³-hybridized carbons (Fsp3) is 0.400. The highest BCUT2D eigenvalue weighted by molar-refractivity contribution is 9.10. The number of carbonyl (C=O) groups is 2. The topological polar surface area (TPSA) is 70.6 Å². The SMILES string of the molecule is CCCCN=C1NC(=O)C(CC(=O)Nc2ccccc2Br)S1. The molecule has 2 amide bonds. The Hall–Kier alpha value is -1.34. The number of halogens is 1. The number of nitrogens with zero attached hydrogens (tertiary/aromatic N) is 1. The molecule has 1 aliphatic rings. The second kappa shape index (κ2) is 8.33. The molecule has 1 heterocycles. The summed E-state index contributed by atoms with van der Waals surface area (Å²) in [6.07, 6.45) is 2.19. The molecule has 5 nitrogen and oxygen atoms in total. The summed E-state index contributed by atoms with van der Waals surface area (Å²) in [5, 5.41) is 5.74. The zero-order chi connectivity index (χ0) is 15.9. The minimum absolute atomic E-state index is 0.130. The van der Waals surface area contributed by atoms with Gasteiger partial charge in [-0.2, -0.15) is 0 Å². The van der Waals surface area contributed by atoms with Crippen LogP contribution in [-0.4, -0.2) is 28.8 Å². The van der Waals surface area contributed by atoms with Crippen LogP contribution in [0.25, 0.3) is 0 Å². The predicted octanol–water partition coefficient (Wildman–Crippen LogP) is 3.17. The summed E-state index contributed by atoms with van der Waals surface area (Å²) in [4.78, 5) is 28.3. The standard InChI is InChI=1S/C15H18BrN3O2S/c1-2-3-8-17-15-19-14(21)12(22-15)9-13(20)18-11-7-5-4-6-10(11)16/h4-7,12H,2-3,8-9H2,1H3,(H,18,20)(H,17,19,21). The van der Waals surface area contributed by atoms with Crippen molar-refractivity contribution in [1.82, 2.24) is 5.32 Å². The van der Waals surface area contributed by atoms with Crippen LogP contribution in [0.4, 0.5) is 5.69 Å². The van der Waals surface area contributed by atoms with Gasteiger partial charge in [-0.25, -0.2) is 0 Å². The number of hydrogen-bond donors (Lipinski definition) is 2. The Bertz CT molecular complexity index is 592. The lowest BCUT2D eigenvalue weighted by molar-refractivity contribution is -0.122. The van der Waals surface area contributed by atoms with Crippen molar-refractivity contribution in [3.05, 3.63) is 28.7 Å². The van der Waals surface area contributed by atoms with Gasteiger partial charge in [0.2, 0.25) is 11.8 Å². The molecule has 7 heteroatoms. The molecule has 1 aliphatic heterocycles. The van der Waals surface area contributed by atoms with Gasteiger partial charge < -0.3 is 10.6 Å². The summed E-state index contributed by atoms with van der Waals surface area (Å²) < 4.78 is 0.814. The van der Waals surface area contributed by atoms with Crippen molar-refractivity contribution in [2.24, 2.45) is 4.99 Å². The van der Waals surface area contributed by atoms with Gasteiger partial charge >= 0.3 is 0 Å². The van der Waals surface area contributed by atoms with Crippen LogP contribution in [0.15, 0.2) is 33.7 Å². The van der Waals surface area contributed by atoms with Crippen molar-refractivity contribution in [3.8, 4) is 0 Å². The maximum Gasteiger partial charge on any atom is 0.240 e. The molecular formula is C15H18BrN3O2S. The minimum Gasteiger partial charge on any atom is -0.325 e. The van der Waals surface area contributed by atoms with E-state index >= 15 is 0 Å². The fourth-order valence-corrected chi connectivity index (χ4v) is 3.27. The molecule has 118 valence electrons. The molecule has 22 heavy (non-hydrogen) atoms. The van der Waals surface area contributed by atoms with E-state index in [1.807, 2.05) is 24.3 Å². The number of aliphatic imine (C=N–C) groups is 1. The minimum atomic E-state index is -0.414. The molecule has 2 rings (SSSR count). The van der Waals surface area contributed by atoms with Crippen LogP contribution in [-0.2, 0) is 9.59 Å². The number of amidine groups is 1. The number of carbonyl (C=O) groups excluding carboxylic acids is 2. The Morgan fingerprint density at radius 2 is 2.23 bits per heavy atom. The van der Waals surface area contributed by atoms with E-state index in [1.165, 1.54) is 11.8 Å². The van der Waals surface area contributed by atoms with Crippen molar-refractivity contribution in [3.63, 3.8) is 0 Å². The maximum atomic E-state index is 12.1. The molecule has 0 aliphatic carbocycles. The monoisotopic (exact) mass is 383 g/mol. The van der Waals surface area contributed by atoms with E-state index in [2.05, 4.69) is 38.5 Å². The lowest BCUT2D eigenvalue weighted by atomic mass is 10.2. The summed E-state index contributed by atoms with van der Waals surface area (Å²) >= 11 is 4.70. The third-order valence-corrected chi connectivity index (χ3v) is 4.87. The number of para-hydroxylation sites is 1. The van der Waals surface area contributed by atoms with Gasteiger partial charge in [-0.1, -0.05) is 37.2 Å². The lowest BCUT2D eigenvalue weighted by Gasteiger charge is -2.08. The molecule has 2 N–H and O–H groups in total. The van der Waals surface area contributed by atoms with Crippen molar-refractivity contribution in [2.75, 3.05) is 11.9 Å². The van der Waals surface area contributed by atoms with Crippen molar-refractivity contribution >= 4 is 50.4 Å². The van der Waals surface area contributed by atoms with Crippen molar-refractivity contribution < 1.29 is 9.59 Å². The second-order valence-electron chi connectivity index (χ2n) is 4.87. The molecule has 1 fully saturated rings. The first-order valence-electron chi connectivity index (χ1n) is 7.16. The second-order valence-corrected chi connectivity index (χ2v) is 6.91. The molecule has 1 aromatic carbocycles. The van der Waals surface area contributed by atoms with Crippen LogP contribution in [0.3, 0.4) is 0 Å². The molecule has 0 bridgehead atoms. The quantitative estimate of drug-likeness (QED) is 0.741. The number of amides is 2. The number of benzene rings is 1.